The first-order chi connectivity index (χ1) is 12.6. The summed E-state index contributed by atoms with van der Waals surface area (Å²) in [6.45, 7) is 2.00. The van der Waals surface area contributed by atoms with Gasteiger partial charge >= 0.3 is 6.03 Å². The molecule has 2 N–H and O–H groups in total. The molecule has 138 valence electrons. The van der Waals surface area contributed by atoms with Crippen LogP contribution >= 0.6 is 0 Å². The van der Waals surface area contributed by atoms with Gasteiger partial charge in [-0.1, -0.05) is 6.07 Å². The number of benzene rings is 1. The maximum atomic E-state index is 12.1. The summed E-state index contributed by atoms with van der Waals surface area (Å²) in [5, 5.41) is 5.89. The summed E-state index contributed by atoms with van der Waals surface area (Å²) >= 11 is 0. The lowest BCUT2D eigenvalue weighted by atomic mass is 9.93. The molecule has 1 aromatic carbocycles. The lowest BCUT2D eigenvalue weighted by molar-refractivity contribution is 0.135. The molecule has 0 aliphatic heterocycles. The van der Waals surface area contributed by atoms with E-state index < -0.39 is 0 Å². The van der Waals surface area contributed by atoms with Gasteiger partial charge < -0.3 is 20.1 Å². The van der Waals surface area contributed by atoms with Crippen LogP contribution in [0.15, 0.2) is 42.6 Å². The van der Waals surface area contributed by atoms with Crippen LogP contribution < -0.4 is 20.1 Å². The number of anilines is 1. The van der Waals surface area contributed by atoms with E-state index in [1.807, 2.05) is 49.5 Å². The zero-order valence-electron chi connectivity index (χ0n) is 15.2. The molecule has 2 amide bonds. The third-order valence-corrected chi connectivity index (χ3v) is 4.53. The molecule has 0 saturated heterocycles. The van der Waals surface area contributed by atoms with Crippen LogP contribution in [0.2, 0.25) is 0 Å². The fourth-order valence-electron chi connectivity index (χ4n) is 3.05. The molecule has 3 rings (SSSR count). The predicted molar refractivity (Wildman–Crippen MR) is 101 cm³/mol. The lowest BCUT2D eigenvalue weighted by Gasteiger charge is -2.29. The van der Waals surface area contributed by atoms with Gasteiger partial charge in [0, 0.05) is 24.0 Å². The van der Waals surface area contributed by atoms with Gasteiger partial charge in [-0.05, 0) is 62.4 Å². The van der Waals surface area contributed by atoms with Gasteiger partial charge in [0.1, 0.15) is 11.9 Å². The highest BCUT2D eigenvalue weighted by molar-refractivity contribution is 5.89. The second-order valence-electron chi connectivity index (χ2n) is 6.59. The Morgan fingerprint density at radius 3 is 2.42 bits per heavy atom. The van der Waals surface area contributed by atoms with Crippen molar-refractivity contribution >= 4 is 11.7 Å². The molecule has 1 aliphatic carbocycles. The summed E-state index contributed by atoms with van der Waals surface area (Å²) in [5.74, 6) is 1.43. The van der Waals surface area contributed by atoms with E-state index in [0.717, 1.165) is 42.7 Å². The number of hydrogen-bond acceptors (Lipinski definition) is 4. The van der Waals surface area contributed by atoms with Gasteiger partial charge in [0.2, 0.25) is 5.88 Å². The zero-order valence-corrected chi connectivity index (χ0v) is 15.2. The van der Waals surface area contributed by atoms with Crippen LogP contribution in [0.1, 0.15) is 31.2 Å². The minimum absolute atomic E-state index is 0.160. The van der Waals surface area contributed by atoms with Crippen molar-refractivity contribution in [3.05, 3.63) is 48.2 Å². The SMILES string of the molecule is COc1ccc(NC(=O)NC2CCC(Oc3ccc(C)cn3)CC2)cc1. The normalized spacial score (nSPS) is 19.5. The number of nitrogens with zero attached hydrogens (tertiary/aromatic N) is 1. The highest BCUT2D eigenvalue weighted by Gasteiger charge is 2.23. The standard InChI is InChI=1S/C20H25N3O3/c1-14-3-12-19(21-13-14)26-18-10-6-16(7-11-18)23-20(24)22-15-4-8-17(25-2)9-5-15/h3-5,8-9,12-13,16,18H,6-7,10-11H2,1-2H3,(H2,22,23,24). The molecule has 2 aromatic rings. The Bertz CT molecular complexity index is 708. The van der Waals surface area contributed by atoms with Crippen LogP contribution in [0.3, 0.4) is 0 Å². The van der Waals surface area contributed by atoms with Gasteiger partial charge in [-0.25, -0.2) is 9.78 Å². The Balaban J connectivity index is 1.41. The van der Waals surface area contributed by atoms with E-state index >= 15 is 0 Å². The molecule has 6 heteroatoms. The maximum Gasteiger partial charge on any atom is 0.319 e. The van der Waals surface area contributed by atoms with E-state index in [4.69, 9.17) is 9.47 Å². The summed E-state index contributed by atoms with van der Waals surface area (Å²) in [7, 11) is 1.62. The van der Waals surface area contributed by atoms with Gasteiger partial charge in [0.25, 0.3) is 0 Å². The van der Waals surface area contributed by atoms with Crippen LogP contribution in [0.5, 0.6) is 11.6 Å². The molecule has 1 fully saturated rings. The molecule has 6 nitrogen and oxygen atoms in total. The van der Waals surface area contributed by atoms with Crippen LogP contribution in [0.25, 0.3) is 0 Å². The van der Waals surface area contributed by atoms with Gasteiger partial charge in [-0.15, -0.1) is 0 Å². The second kappa shape index (κ2) is 8.56. The van der Waals surface area contributed by atoms with Gasteiger partial charge in [-0.3, -0.25) is 0 Å². The molecule has 0 bridgehead atoms. The molecule has 1 aromatic heterocycles. The molecular formula is C20H25N3O3. The van der Waals surface area contributed by atoms with Crippen molar-refractivity contribution in [2.24, 2.45) is 0 Å². The first-order valence-electron chi connectivity index (χ1n) is 8.93. The molecule has 1 aliphatic rings. The minimum atomic E-state index is -0.181. The van der Waals surface area contributed by atoms with Crippen LogP contribution in [0.4, 0.5) is 10.5 Å². The Kier molecular flexibility index (Phi) is 5.94. The molecular weight excluding hydrogens is 330 g/mol. The van der Waals surface area contributed by atoms with Crippen molar-refractivity contribution in [2.45, 2.75) is 44.8 Å². The second-order valence-corrected chi connectivity index (χ2v) is 6.59. The maximum absolute atomic E-state index is 12.1. The topological polar surface area (TPSA) is 72.5 Å². The summed E-state index contributed by atoms with van der Waals surface area (Å²) in [4.78, 5) is 16.4. The number of aryl methyl sites for hydroxylation is 1. The van der Waals surface area contributed by atoms with E-state index in [0.29, 0.717) is 5.88 Å². The summed E-state index contributed by atoms with van der Waals surface area (Å²) in [5.41, 5.74) is 1.86. The highest BCUT2D eigenvalue weighted by Crippen LogP contribution is 2.23. The first-order valence-corrected chi connectivity index (χ1v) is 8.93. The van der Waals surface area contributed by atoms with E-state index in [1.54, 1.807) is 7.11 Å². The number of carbonyl (C=O) groups excluding carboxylic acids is 1. The zero-order chi connectivity index (χ0) is 18.4. The number of urea groups is 1. The smallest absolute Gasteiger partial charge is 0.319 e. The van der Waals surface area contributed by atoms with Crippen molar-refractivity contribution in [1.29, 1.82) is 0 Å². The van der Waals surface area contributed by atoms with E-state index in [1.165, 1.54) is 0 Å². The van der Waals surface area contributed by atoms with Crippen molar-refractivity contribution in [1.82, 2.24) is 10.3 Å². The van der Waals surface area contributed by atoms with Gasteiger partial charge in [0.05, 0.1) is 7.11 Å². The Hall–Kier alpha value is -2.76. The highest BCUT2D eigenvalue weighted by atomic mass is 16.5. The Labute approximate surface area is 153 Å². The van der Waals surface area contributed by atoms with Crippen LogP contribution in [-0.4, -0.2) is 30.3 Å². The third kappa shape index (κ3) is 5.12. The largest absolute Gasteiger partial charge is 0.497 e. The quantitative estimate of drug-likeness (QED) is 0.853. The first kappa shape index (κ1) is 18.0. The van der Waals surface area contributed by atoms with Crippen molar-refractivity contribution < 1.29 is 14.3 Å². The summed E-state index contributed by atoms with van der Waals surface area (Å²) in [6, 6.07) is 11.2. The summed E-state index contributed by atoms with van der Waals surface area (Å²) in [6.07, 6.45) is 5.57. The minimum Gasteiger partial charge on any atom is -0.497 e. The number of methoxy groups -OCH3 is 1. The average molecular weight is 355 g/mol. The van der Waals surface area contributed by atoms with E-state index in [9.17, 15) is 4.79 Å². The van der Waals surface area contributed by atoms with Crippen molar-refractivity contribution in [2.75, 3.05) is 12.4 Å². The fourth-order valence-corrected chi connectivity index (χ4v) is 3.05. The molecule has 0 unspecified atom stereocenters. The number of nitrogens with one attached hydrogen (secondary N) is 2. The number of carbonyl (C=O) groups is 1. The molecule has 1 saturated carbocycles. The molecule has 0 radical (unpaired) electrons. The molecule has 0 spiro atoms. The number of amides is 2. The van der Waals surface area contributed by atoms with Gasteiger partial charge in [0.15, 0.2) is 0 Å². The number of hydrogen-bond donors (Lipinski definition) is 2. The van der Waals surface area contributed by atoms with Crippen molar-refractivity contribution in [3.63, 3.8) is 0 Å². The fraction of sp³-hybridized carbons (Fsp3) is 0.400. The van der Waals surface area contributed by atoms with Crippen LogP contribution in [-0.2, 0) is 0 Å². The number of pyridine rings is 1. The number of ether oxygens (including phenoxy) is 2. The summed E-state index contributed by atoms with van der Waals surface area (Å²) < 4.78 is 11.0. The van der Waals surface area contributed by atoms with Crippen LogP contribution in [0, 0.1) is 6.92 Å². The number of aromatic nitrogens is 1. The molecule has 1 heterocycles. The molecule has 26 heavy (non-hydrogen) atoms. The van der Waals surface area contributed by atoms with Crippen molar-refractivity contribution in [3.8, 4) is 11.6 Å². The van der Waals surface area contributed by atoms with Gasteiger partial charge in [-0.2, -0.15) is 0 Å². The average Bonchev–Trinajstić information content (AvgIpc) is 2.66. The van der Waals surface area contributed by atoms with E-state index in [-0.39, 0.29) is 18.2 Å². The third-order valence-electron chi connectivity index (χ3n) is 4.53. The Morgan fingerprint density at radius 1 is 1.08 bits per heavy atom. The van der Waals surface area contributed by atoms with E-state index in [2.05, 4.69) is 15.6 Å². The number of rotatable bonds is 5. The monoisotopic (exact) mass is 355 g/mol. The predicted octanol–water partition coefficient (Wildman–Crippen LogP) is 3.91. The Morgan fingerprint density at radius 2 is 1.81 bits per heavy atom. The molecule has 0 atom stereocenters. The lowest BCUT2D eigenvalue weighted by Crippen LogP contribution is -2.41.